The van der Waals surface area contributed by atoms with Crippen molar-refractivity contribution in [1.82, 2.24) is 0 Å². The highest BCUT2D eigenvalue weighted by molar-refractivity contribution is 7.99. The van der Waals surface area contributed by atoms with Gasteiger partial charge in [-0.05, 0) is 101 Å². The number of hydrogen-bond acceptors (Lipinski definition) is 1. The molecule has 9 rings (SSSR count). The SMILES string of the molecule is c1ccc(Sc2ccc(-c3c(-c4ccccc4)c(-c4ccccc4)c4c5cccc6cccc(c7cccc3c74)c65)cc2)cc1. The molecule has 0 aliphatic heterocycles. The highest BCUT2D eigenvalue weighted by atomic mass is 32.2. The molecule has 210 valence electrons. The molecule has 0 fully saturated rings. The molecule has 0 atom stereocenters. The van der Waals surface area contributed by atoms with Gasteiger partial charge in [-0.25, -0.2) is 0 Å². The van der Waals surface area contributed by atoms with Crippen LogP contribution >= 0.6 is 11.8 Å². The smallest absolute Gasteiger partial charge is 0.0122 e. The van der Waals surface area contributed by atoms with Crippen molar-refractivity contribution in [2.75, 3.05) is 0 Å². The Morgan fingerprint density at radius 3 is 1.42 bits per heavy atom. The summed E-state index contributed by atoms with van der Waals surface area (Å²) in [5, 5.41) is 10.5. The van der Waals surface area contributed by atoms with Crippen molar-refractivity contribution >= 4 is 54.9 Å². The molecule has 0 radical (unpaired) electrons. The third-order valence-electron chi connectivity index (χ3n) is 9.04. The van der Waals surface area contributed by atoms with Crippen molar-refractivity contribution in [3.05, 3.63) is 170 Å². The standard InChI is InChI=1S/C44H28S/c1-4-13-30(14-5-1)41-40(32-25-27-34(28-26-32)45-33-19-8-3-9-20-33)38-24-12-22-36-35-21-10-17-29-18-11-23-37(39(29)35)44(43(36)38)42(41)31-15-6-2-7-16-31/h1-28H. The van der Waals surface area contributed by atoms with E-state index < -0.39 is 0 Å². The van der Waals surface area contributed by atoms with E-state index in [9.17, 15) is 0 Å². The van der Waals surface area contributed by atoms with Crippen molar-refractivity contribution in [3.63, 3.8) is 0 Å². The van der Waals surface area contributed by atoms with Gasteiger partial charge < -0.3 is 0 Å². The Morgan fingerprint density at radius 1 is 0.267 bits per heavy atom. The number of rotatable bonds is 5. The topological polar surface area (TPSA) is 0 Å². The van der Waals surface area contributed by atoms with Gasteiger partial charge in [0.25, 0.3) is 0 Å². The molecule has 0 aliphatic carbocycles. The van der Waals surface area contributed by atoms with E-state index in [1.54, 1.807) is 11.8 Å². The van der Waals surface area contributed by atoms with Crippen molar-refractivity contribution in [2.45, 2.75) is 9.79 Å². The lowest BCUT2D eigenvalue weighted by molar-refractivity contribution is 1.41. The minimum absolute atomic E-state index is 1.23. The molecule has 0 aromatic heterocycles. The Bertz CT molecular complexity index is 2460. The van der Waals surface area contributed by atoms with Gasteiger partial charge in [0.05, 0.1) is 0 Å². The van der Waals surface area contributed by atoms with Crippen LogP contribution in [0.3, 0.4) is 0 Å². The minimum atomic E-state index is 1.23. The molecule has 0 spiro atoms. The fraction of sp³-hybridized carbons (Fsp3) is 0. The number of benzene rings is 9. The molecule has 0 bridgehead atoms. The minimum Gasteiger partial charge on any atom is -0.0901 e. The van der Waals surface area contributed by atoms with Crippen molar-refractivity contribution < 1.29 is 0 Å². The van der Waals surface area contributed by atoms with E-state index in [4.69, 9.17) is 0 Å². The number of fused-ring (bicyclic) bond motifs is 2. The third kappa shape index (κ3) is 4.23. The Kier molecular flexibility index (Phi) is 6.18. The summed E-state index contributed by atoms with van der Waals surface area (Å²) in [4.78, 5) is 2.48. The monoisotopic (exact) mass is 588 g/mol. The van der Waals surface area contributed by atoms with Crippen LogP contribution in [0.4, 0.5) is 0 Å². The van der Waals surface area contributed by atoms with Crippen LogP contribution in [0.2, 0.25) is 0 Å². The zero-order valence-corrected chi connectivity index (χ0v) is 25.4. The lowest BCUT2D eigenvalue weighted by Crippen LogP contribution is -1.97. The molecular weight excluding hydrogens is 561 g/mol. The van der Waals surface area contributed by atoms with E-state index in [1.807, 2.05) is 0 Å². The van der Waals surface area contributed by atoms with Gasteiger partial charge in [0, 0.05) is 9.79 Å². The average Bonchev–Trinajstić information content (AvgIpc) is 3.11. The molecule has 0 saturated carbocycles. The second-order valence-corrected chi connectivity index (χ2v) is 12.8. The van der Waals surface area contributed by atoms with Crippen LogP contribution in [-0.2, 0) is 0 Å². The van der Waals surface area contributed by atoms with Crippen LogP contribution in [0, 0.1) is 0 Å². The molecule has 1 heteroatoms. The first-order chi connectivity index (χ1) is 22.3. The summed E-state index contributed by atoms with van der Waals surface area (Å²) in [6.45, 7) is 0. The largest absolute Gasteiger partial charge is 0.0901 e. The molecule has 45 heavy (non-hydrogen) atoms. The van der Waals surface area contributed by atoms with Gasteiger partial charge >= 0.3 is 0 Å². The van der Waals surface area contributed by atoms with Crippen LogP contribution in [0.25, 0.3) is 76.5 Å². The molecule has 9 aromatic carbocycles. The van der Waals surface area contributed by atoms with Gasteiger partial charge in [-0.3, -0.25) is 0 Å². The summed E-state index contributed by atoms with van der Waals surface area (Å²) in [6.07, 6.45) is 0. The highest BCUT2D eigenvalue weighted by Crippen LogP contribution is 2.52. The van der Waals surface area contributed by atoms with E-state index in [2.05, 4.69) is 170 Å². The second kappa shape index (κ2) is 10.7. The molecule has 0 unspecified atom stereocenters. The average molecular weight is 589 g/mol. The lowest BCUT2D eigenvalue weighted by atomic mass is 9.78. The van der Waals surface area contributed by atoms with E-state index >= 15 is 0 Å². The molecule has 0 N–H and O–H groups in total. The Hall–Kier alpha value is -5.37. The van der Waals surface area contributed by atoms with Crippen molar-refractivity contribution in [3.8, 4) is 33.4 Å². The third-order valence-corrected chi connectivity index (χ3v) is 10.1. The highest BCUT2D eigenvalue weighted by Gasteiger charge is 2.25. The molecule has 9 aromatic rings. The second-order valence-electron chi connectivity index (χ2n) is 11.6. The zero-order valence-electron chi connectivity index (χ0n) is 24.6. The number of hydrogen-bond donors (Lipinski definition) is 0. The zero-order chi connectivity index (χ0) is 29.7. The first-order valence-electron chi connectivity index (χ1n) is 15.4. The quantitative estimate of drug-likeness (QED) is 0.142. The summed E-state index contributed by atoms with van der Waals surface area (Å²) < 4.78 is 0. The van der Waals surface area contributed by atoms with E-state index in [0.29, 0.717) is 0 Å². The van der Waals surface area contributed by atoms with Crippen LogP contribution < -0.4 is 0 Å². The molecule has 0 aliphatic rings. The maximum atomic E-state index is 2.33. The summed E-state index contributed by atoms with van der Waals surface area (Å²) in [6, 6.07) is 62.2. The van der Waals surface area contributed by atoms with Crippen LogP contribution in [0.15, 0.2) is 180 Å². The Morgan fingerprint density at radius 2 is 0.756 bits per heavy atom. The first-order valence-corrected chi connectivity index (χ1v) is 16.3. The summed E-state index contributed by atoms with van der Waals surface area (Å²) >= 11 is 1.80. The molecule has 0 saturated heterocycles. The van der Waals surface area contributed by atoms with Gasteiger partial charge in [0.1, 0.15) is 0 Å². The van der Waals surface area contributed by atoms with Crippen LogP contribution in [0.1, 0.15) is 0 Å². The van der Waals surface area contributed by atoms with Gasteiger partial charge in [0.15, 0.2) is 0 Å². The fourth-order valence-corrected chi connectivity index (χ4v) is 8.05. The van der Waals surface area contributed by atoms with E-state index in [1.165, 1.54) is 86.3 Å². The van der Waals surface area contributed by atoms with Crippen LogP contribution in [0.5, 0.6) is 0 Å². The molecular formula is C44H28S. The maximum absolute atomic E-state index is 2.33. The predicted molar refractivity (Wildman–Crippen MR) is 195 cm³/mol. The lowest BCUT2D eigenvalue weighted by Gasteiger charge is -2.25. The Labute approximate surface area is 266 Å². The van der Waals surface area contributed by atoms with Gasteiger partial charge in [-0.1, -0.05) is 157 Å². The summed E-state index contributed by atoms with van der Waals surface area (Å²) in [7, 11) is 0. The van der Waals surface area contributed by atoms with Crippen molar-refractivity contribution in [2.24, 2.45) is 0 Å². The maximum Gasteiger partial charge on any atom is 0.0122 e. The van der Waals surface area contributed by atoms with Gasteiger partial charge in [-0.15, -0.1) is 0 Å². The van der Waals surface area contributed by atoms with Crippen molar-refractivity contribution in [1.29, 1.82) is 0 Å². The first kappa shape index (κ1) is 26.1. The van der Waals surface area contributed by atoms with E-state index in [0.717, 1.165) is 0 Å². The predicted octanol–water partition coefficient (Wildman–Crippen LogP) is 12.9. The van der Waals surface area contributed by atoms with Gasteiger partial charge in [-0.2, -0.15) is 0 Å². The summed E-state index contributed by atoms with van der Waals surface area (Å²) in [5.41, 5.74) is 7.54. The Balaban J connectivity index is 1.46. The molecule has 0 amide bonds. The fourth-order valence-electron chi connectivity index (χ4n) is 7.21. The van der Waals surface area contributed by atoms with Gasteiger partial charge in [0.2, 0.25) is 0 Å². The van der Waals surface area contributed by atoms with Crippen LogP contribution in [-0.4, -0.2) is 0 Å². The van der Waals surface area contributed by atoms with E-state index in [-0.39, 0.29) is 0 Å². The summed E-state index contributed by atoms with van der Waals surface area (Å²) in [5.74, 6) is 0. The normalized spacial score (nSPS) is 11.6. The molecule has 0 heterocycles. The molecule has 0 nitrogen and oxygen atoms in total.